The molecule has 1 aromatic rings. The van der Waals surface area contributed by atoms with Gasteiger partial charge in [0.05, 0.1) is 11.6 Å². The van der Waals surface area contributed by atoms with Gasteiger partial charge in [-0.25, -0.2) is 4.79 Å². The Bertz CT molecular complexity index is 674. The average Bonchev–Trinajstić information content (AvgIpc) is 2.72. The Labute approximate surface area is 174 Å². The first-order valence-corrected chi connectivity index (χ1v) is 9.88. The van der Waals surface area contributed by atoms with Gasteiger partial charge in [0.15, 0.2) is 0 Å². The van der Waals surface area contributed by atoms with Crippen LogP contribution in [0.5, 0.6) is 0 Å². The van der Waals surface area contributed by atoms with Gasteiger partial charge in [-0.3, -0.25) is 9.69 Å². The molecule has 2 N–H and O–H groups in total. The predicted octanol–water partition coefficient (Wildman–Crippen LogP) is 3.82. The molecule has 9 heteroatoms. The number of carboxylic acids is 1. The van der Waals surface area contributed by atoms with Gasteiger partial charge >= 0.3 is 12.1 Å². The van der Waals surface area contributed by atoms with E-state index >= 15 is 0 Å². The van der Waals surface area contributed by atoms with Gasteiger partial charge in [0.1, 0.15) is 6.26 Å². The smallest absolute Gasteiger partial charge is 0.416 e. The van der Waals surface area contributed by atoms with E-state index in [-0.39, 0.29) is 6.47 Å². The maximum absolute atomic E-state index is 13.2. The third-order valence-corrected chi connectivity index (χ3v) is 4.66. The number of halogens is 3. The van der Waals surface area contributed by atoms with E-state index in [1.54, 1.807) is 12.1 Å². The maximum atomic E-state index is 13.2. The second-order valence-corrected chi connectivity index (χ2v) is 6.83. The minimum Gasteiger partial charge on any atom is -0.478 e. The highest BCUT2D eigenvalue weighted by atomic mass is 19.4. The van der Waals surface area contributed by atoms with E-state index in [4.69, 9.17) is 5.11 Å². The summed E-state index contributed by atoms with van der Waals surface area (Å²) in [7, 11) is 0. The molecule has 0 aliphatic carbocycles. The normalized spacial score (nSPS) is 15.0. The second kappa shape index (κ2) is 13.8. The minimum atomic E-state index is -4.28. The number of benzene rings is 1. The molecule has 0 atom stereocenters. The number of alkyl halides is 3. The zero-order valence-electron chi connectivity index (χ0n) is 17.0. The summed E-state index contributed by atoms with van der Waals surface area (Å²) in [5.74, 6) is -1.15. The van der Waals surface area contributed by atoms with Crippen LogP contribution in [0, 0.1) is 0 Å². The molecule has 168 valence electrons. The van der Waals surface area contributed by atoms with Gasteiger partial charge in [0.25, 0.3) is 6.47 Å². The van der Waals surface area contributed by atoms with Crippen LogP contribution in [0.1, 0.15) is 43.7 Å². The number of hydrogen-bond donors (Lipinski definition) is 2. The number of aliphatic carboxylic acids is 1. The lowest BCUT2D eigenvalue weighted by atomic mass is 10.0. The Kier molecular flexibility index (Phi) is 11.8. The molecule has 1 aliphatic heterocycles. The first-order valence-electron chi connectivity index (χ1n) is 9.88. The quantitative estimate of drug-likeness (QED) is 0.352. The molecule has 0 saturated carbocycles. The molecule has 0 radical (unpaired) electrons. The molecule has 30 heavy (non-hydrogen) atoms. The summed E-state index contributed by atoms with van der Waals surface area (Å²) in [5.41, 5.74) is -0.102. The van der Waals surface area contributed by atoms with Crippen molar-refractivity contribution in [1.82, 2.24) is 10.2 Å². The number of hydrogen-bond acceptors (Lipinski definition) is 5. The zero-order chi connectivity index (χ0) is 22.4. The molecule has 0 bridgehead atoms. The number of ether oxygens (including phenoxy) is 1. The highest BCUT2D eigenvalue weighted by molar-refractivity contribution is 5.79. The van der Waals surface area contributed by atoms with Crippen LogP contribution in [0.3, 0.4) is 0 Å². The van der Waals surface area contributed by atoms with Gasteiger partial charge in [-0.1, -0.05) is 31.5 Å². The molecular weight excluding hydrogens is 401 g/mol. The highest BCUT2D eigenvalue weighted by Crippen LogP contribution is 2.33. The van der Waals surface area contributed by atoms with Crippen molar-refractivity contribution >= 4 is 12.4 Å². The lowest BCUT2D eigenvalue weighted by molar-refractivity contribution is -0.138. The Morgan fingerprint density at radius 2 is 1.97 bits per heavy atom. The lowest BCUT2D eigenvalue weighted by Crippen LogP contribution is -2.43. The summed E-state index contributed by atoms with van der Waals surface area (Å²) >= 11 is 0. The number of nitrogens with zero attached hydrogens (tertiary/aromatic N) is 1. The van der Waals surface area contributed by atoms with Crippen molar-refractivity contribution in [2.45, 2.75) is 51.4 Å². The molecule has 2 rings (SSSR count). The number of piperidine rings is 1. The maximum Gasteiger partial charge on any atom is 0.416 e. The van der Waals surface area contributed by atoms with Gasteiger partial charge in [0.2, 0.25) is 0 Å². The van der Waals surface area contributed by atoms with Crippen molar-refractivity contribution in [2.75, 3.05) is 19.6 Å². The Morgan fingerprint density at radius 3 is 2.53 bits per heavy atom. The van der Waals surface area contributed by atoms with Gasteiger partial charge in [0, 0.05) is 12.6 Å². The Hall–Kier alpha value is -2.39. The third kappa shape index (κ3) is 9.89. The van der Waals surface area contributed by atoms with Gasteiger partial charge < -0.3 is 15.2 Å². The monoisotopic (exact) mass is 430 g/mol. The molecule has 1 aliphatic rings. The molecular formula is C21H29F3N2O4. The summed E-state index contributed by atoms with van der Waals surface area (Å²) in [6.45, 7) is 5.42. The fourth-order valence-corrected chi connectivity index (χ4v) is 3.21. The Morgan fingerprint density at radius 1 is 1.30 bits per heavy atom. The number of carbonyl (C=O) groups is 2. The van der Waals surface area contributed by atoms with Crippen LogP contribution in [0.2, 0.25) is 0 Å². The van der Waals surface area contributed by atoms with Crippen LogP contribution < -0.4 is 5.32 Å². The van der Waals surface area contributed by atoms with E-state index in [9.17, 15) is 22.8 Å². The summed E-state index contributed by atoms with van der Waals surface area (Å²) in [6, 6.07) is 6.35. The standard InChI is InChI=1S/C17H25F3N2.C4H4O4/c1-2-3-12-22(15-8-10-21-11-9-15)13-14-6-4-5-7-16(14)17(18,19)20;5-3-8-2-1-4(6)7/h4-7,15,21H,2-3,8-13H2,1H3;1-3H,(H,6,7)/b;2-1+. The van der Waals surface area contributed by atoms with Crippen LogP contribution in [0.15, 0.2) is 36.6 Å². The largest absolute Gasteiger partial charge is 0.478 e. The van der Waals surface area contributed by atoms with Crippen molar-refractivity contribution in [3.63, 3.8) is 0 Å². The predicted molar refractivity (Wildman–Crippen MR) is 107 cm³/mol. The molecule has 0 unspecified atom stereocenters. The number of carbonyl (C=O) groups excluding carboxylic acids is 1. The van der Waals surface area contributed by atoms with Crippen LogP contribution >= 0.6 is 0 Å². The Balaban J connectivity index is 0.000000479. The third-order valence-electron chi connectivity index (χ3n) is 4.66. The zero-order valence-corrected chi connectivity index (χ0v) is 17.0. The van der Waals surface area contributed by atoms with Crippen LogP contribution in [0.25, 0.3) is 0 Å². The summed E-state index contributed by atoms with van der Waals surface area (Å²) in [5, 5.41) is 11.2. The van der Waals surface area contributed by atoms with E-state index in [1.807, 2.05) is 0 Å². The number of nitrogens with one attached hydrogen (secondary N) is 1. The first kappa shape index (κ1) is 25.6. The number of carboxylic acid groups (broad SMARTS) is 1. The second-order valence-electron chi connectivity index (χ2n) is 6.83. The average molecular weight is 430 g/mol. The molecule has 6 nitrogen and oxygen atoms in total. The van der Waals surface area contributed by atoms with E-state index < -0.39 is 17.7 Å². The van der Waals surface area contributed by atoms with Crippen LogP contribution in [0.4, 0.5) is 13.2 Å². The van der Waals surface area contributed by atoms with E-state index in [2.05, 4.69) is 21.9 Å². The van der Waals surface area contributed by atoms with Gasteiger partial charge in [-0.05, 0) is 50.5 Å². The van der Waals surface area contributed by atoms with Crippen molar-refractivity contribution in [2.24, 2.45) is 0 Å². The molecule has 1 fully saturated rings. The molecule has 0 spiro atoms. The van der Waals surface area contributed by atoms with Crippen molar-refractivity contribution in [1.29, 1.82) is 0 Å². The summed E-state index contributed by atoms with van der Waals surface area (Å²) in [4.78, 5) is 21.2. The van der Waals surface area contributed by atoms with Crippen molar-refractivity contribution in [3.05, 3.63) is 47.7 Å². The summed E-state index contributed by atoms with van der Waals surface area (Å²) < 4.78 is 43.4. The van der Waals surface area contributed by atoms with E-state index in [1.165, 1.54) is 12.1 Å². The molecule has 1 aromatic carbocycles. The molecule has 0 aromatic heterocycles. The SMILES string of the molecule is CCCCN(Cc1ccccc1C(F)(F)F)C1CCNCC1.O=CO/C=C/C(=O)O. The minimum absolute atomic E-state index is 0.138. The number of unbranched alkanes of at least 4 members (excludes halogenated alkanes) is 1. The number of rotatable bonds is 9. The van der Waals surface area contributed by atoms with Gasteiger partial charge in [-0.15, -0.1) is 0 Å². The topological polar surface area (TPSA) is 78.9 Å². The van der Waals surface area contributed by atoms with E-state index in [0.29, 0.717) is 24.2 Å². The highest BCUT2D eigenvalue weighted by Gasteiger charge is 2.33. The van der Waals surface area contributed by atoms with Crippen LogP contribution in [-0.4, -0.2) is 48.1 Å². The van der Waals surface area contributed by atoms with Gasteiger partial charge in [-0.2, -0.15) is 13.2 Å². The fourth-order valence-electron chi connectivity index (χ4n) is 3.21. The molecule has 1 heterocycles. The van der Waals surface area contributed by atoms with Crippen molar-refractivity contribution in [3.8, 4) is 0 Å². The summed E-state index contributed by atoms with van der Waals surface area (Å²) in [6.07, 6.45) is 1.33. The lowest BCUT2D eigenvalue weighted by Gasteiger charge is -2.35. The van der Waals surface area contributed by atoms with Crippen molar-refractivity contribution < 1.29 is 32.6 Å². The molecule has 1 saturated heterocycles. The van der Waals surface area contributed by atoms with Crippen LogP contribution in [-0.2, 0) is 27.0 Å². The molecule has 0 amide bonds. The van der Waals surface area contributed by atoms with E-state index in [0.717, 1.165) is 51.6 Å². The fraction of sp³-hybridized carbons (Fsp3) is 0.524. The first-order chi connectivity index (χ1) is 14.3.